The number of rotatable bonds is 4. The molecule has 2 atom stereocenters. The van der Waals surface area contributed by atoms with E-state index in [4.69, 9.17) is 4.52 Å². The average Bonchev–Trinajstić information content (AvgIpc) is 3.05. The van der Waals surface area contributed by atoms with Gasteiger partial charge in [-0.2, -0.15) is 4.98 Å². The van der Waals surface area contributed by atoms with E-state index < -0.39 is 5.97 Å². The summed E-state index contributed by atoms with van der Waals surface area (Å²) in [6.45, 7) is 3.36. The highest BCUT2D eigenvalue weighted by atomic mass is 16.5. The maximum atomic E-state index is 11.2. The number of hydrogen-bond donors (Lipinski definition) is 1. The van der Waals surface area contributed by atoms with Crippen LogP contribution in [0.3, 0.4) is 0 Å². The van der Waals surface area contributed by atoms with Crippen molar-refractivity contribution < 1.29 is 14.4 Å². The van der Waals surface area contributed by atoms with E-state index >= 15 is 0 Å². The molecule has 22 heavy (non-hydrogen) atoms. The number of carboxylic acid groups (broad SMARTS) is 1. The van der Waals surface area contributed by atoms with Crippen LogP contribution in [0, 0.1) is 5.92 Å². The number of piperidine rings is 1. The van der Waals surface area contributed by atoms with Gasteiger partial charge in [0.15, 0.2) is 0 Å². The summed E-state index contributed by atoms with van der Waals surface area (Å²) in [4.78, 5) is 17.7. The molecule has 1 saturated heterocycles. The molecule has 2 heterocycles. The van der Waals surface area contributed by atoms with Crippen molar-refractivity contribution in [2.45, 2.75) is 25.8 Å². The second-order valence-electron chi connectivity index (χ2n) is 5.67. The molecule has 1 aliphatic heterocycles. The SMILES string of the molecule is CC(c1nc(-c2ccccc2)no1)N1CCCC(C(=O)O)C1. The molecule has 1 aromatic carbocycles. The molecule has 0 saturated carbocycles. The lowest BCUT2D eigenvalue weighted by Crippen LogP contribution is -2.40. The summed E-state index contributed by atoms with van der Waals surface area (Å²) < 4.78 is 5.38. The van der Waals surface area contributed by atoms with Crippen LogP contribution in [0.1, 0.15) is 31.7 Å². The molecule has 1 aliphatic rings. The number of hydrogen-bond acceptors (Lipinski definition) is 5. The zero-order valence-electron chi connectivity index (χ0n) is 12.5. The summed E-state index contributed by atoms with van der Waals surface area (Å²) in [6, 6.07) is 9.58. The highest BCUT2D eigenvalue weighted by molar-refractivity contribution is 5.70. The van der Waals surface area contributed by atoms with Crippen molar-refractivity contribution in [3.05, 3.63) is 36.2 Å². The van der Waals surface area contributed by atoms with Crippen LogP contribution in [0.15, 0.2) is 34.9 Å². The summed E-state index contributed by atoms with van der Waals surface area (Å²) in [5.41, 5.74) is 0.909. The summed E-state index contributed by atoms with van der Waals surface area (Å²) in [6.07, 6.45) is 1.61. The van der Waals surface area contributed by atoms with E-state index in [2.05, 4.69) is 15.0 Å². The lowest BCUT2D eigenvalue weighted by Gasteiger charge is -2.33. The number of carboxylic acids is 1. The Labute approximate surface area is 128 Å². The smallest absolute Gasteiger partial charge is 0.307 e. The van der Waals surface area contributed by atoms with E-state index in [1.54, 1.807) is 0 Å². The van der Waals surface area contributed by atoms with E-state index in [1.807, 2.05) is 37.3 Å². The Balaban J connectivity index is 1.74. The normalized spacial score (nSPS) is 20.7. The molecule has 1 aromatic heterocycles. The standard InChI is InChI=1S/C16H19N3O3/c1-11(19-9-5-8-13(10-19)16(20)21)15-17-14(18-22-15)12-6-3-2-4-7-12/h2-4,6-7,11,13H,5,8-10H2,1H3,(H,20,21). The summed E-state index contributed by atoms with van der Waals surface area (Å²) in [7, 11) is 0. The van der Waals surface area contributed by atoms with Crippen LogP contribution in [0.2, 0.25) is 0 Å². The molecule has 0 bridgehead atoms. The molecule has 6 nitrogen and oxygen atoms in total. The molecule has 0 aliphatic carbocycles. The van der Waals surface area contributed by atoms with Gasteiger partial charge in [-0.25, -0.2) is 0 Å². The molecule has 2 aromatic rings. The molecule has 0 amide bonds. The molecular weight excluding hydrogens is 282 g/mol. The van der Waals surface area contributed by atoms with Crippen molar-refractivity contribution in [2.24, 2.45) is 5.92 Å². The van der Waals surface area contributed by atoms with Crippen LogP contribution in [-0.4, -0.2) is 39.2 Å². The molecule has 3 rings (SSSR count). The zero-order valence-corrected chi connectivity index (χ0v) is 12.5. The number of aromatic nitrogens is 2. The van der Waals surface area contributed by atoms with E-state index in [-0.39, 0.29) is 12.0 Å². The lowest BCUT2D eigenvalue weighted by molar-refractivity contribution is -0.144. The maximum absolute atomic E-state index is 11.2. The fourth-order valence-corrected chi connectivity index (χ4v) is 2.83. The number of nitrogens with zero attached hydrogens (tertiary/aromatic N) is 3. The van der Waals surface area contributed by atoms with Crippen molar-refractivity contribution in [3.63, 3.8) is 0 Å². The van der Waals surface area contributed by atoms with Crippen molar-refractivity contribution >= 4 is 5.97 Å². The molecule has 0 radical (unpaired) electrons. The van der Waals surface area contributed by atoms with Crippen LogP contribution in [0.4, 0.5) is 0 Å². The molecule has 116 valence electrons. The fraction of sp³-hybridized carbons (Fsp3) is 0.438. The Morgan fingerprint density at radius 1 is 1.41 bits per heavy atom. The number of likely N-dealkylation sites (tertiary alicyclic amines) is 1. The van der Waals surface area contributed by atoms with Crippen molar-refractivity contribution in [1.29, 1.82) is 0 Å². The monoisotopic (exact) mass is 301 g/mol. The molecular formula is C16H19N3O3. The third kappa shape index (κ3) is 3.01. The fourth-order valence-electron chi connectivity index (χ4n) is 2.83. The van der Waals surface area contributed by atoms with Crippen LogP contribution in [0.5, 0.6) is 0 Å². The molecule has 0 spiro atoms. The van der Waals surface area contributed by atoms with Crippen LogP contribution < -0.4 is 0 Å². The summed E-state index contributed by atoms with van der Waals surface area (Å²) >= 11 is 0. The Hall–Kier alpha value is -2.21. The number of carbonyl (C=O) groups is 1. The third-order valence-electron chi connectivity index (χ3n) is 4.18. The van der Waals surface area contributed by atoms with Crippen molar-refractivity contribution in [1.82, 2.24) is 15.0 Å². The van der Waals surface area contributed by atoms with Crippen molar-refractivity contribution in [3.8, 4) is 11.4 Å². The third-order valence-corrected chi connectivity index (χ3v) is 4.18. The first-order valence-electron chi connectivity index (χ1n) is 7.51. The van der Waals surface area contributed by atoms with Gasteiger partial charge in [0.25, 0.3) is 0 Å². The topological polar surface area (TPSA) is 79.5 Å². The average molecular weight is 301 g/mol. The second kappa shape index (κ2) is 6.27. The van der Waals surface area contributed by atoms with Gasteiger partial charge in [-0.3, -0.25) is 9.69 Å². The Bertz CT molecular complexity index is 641. The second-order valence-corrected chi connectivity index (χ2v) is 5.67. The van der Waals surface area contributed by atoms with Gasteiger partial charge >= 0.3 is 5.97 Å². The van der Waals surface area contributed by atoms with Gasteiger partial charge in [0.2, 0.25) is 11.7 Å². The van der Waals surface area contributed by atoms with Crippen LogP contribution in [-0.2, 0) is 4.79 Å². The summed E-state index contributed by atoms with van der Waals surface area (Å²) in [5, 5.41) is 13.2. The Morgan fingerprint density at radius 3 is 2.91 bits per heavy atom. The lowest BCUT2D eigenvalue weighted by atomic mass is 9.97. The minimum absolute atomic E-state index is 0.0767. The highest BCUT2D eigenvalue weighted by Gasteiger charge is 2.30. The number of aliphatic carboxylic acids is 1. The van der Waals surface area contributed by atoms with Gasteiger partial charge in [0, 0.05) is 12.1 Å². The van der Waals surface area contributed by atoms with Gasteiger partial charge < -0.3 is 9.63 Å². The maximum Gasteiger partial charge on any atom is 0.307 e. The van der Waals surface area contributed by atoms with E-state index in [0.29, 0.717) is 18.3 Å². The van der Waals surface area contributed by atoms with E-state index in [0.717, 1.165) is 24.9 Å². The predicted octanol–water partition coefficient (Wildman–Crippen LogP) is 2.59. The minimum atomic E-state index is -0.729. The van der Waals surface area contributed by atoms with Gasteiger partial charge in [0.05, 0.1) is 12.0 Å². The van der Waals surface area contributed by atoms with Crippen LogP contribution in [0.25, 0.3) is 11.4 Å². The number of benzene rings is 1. The van der Waals surface area contributed by atoms with Gasteiger partial charge in [-0.1, -0.05) is 35.5 Å². The first-order valence-corrected chi connectivity index (χ1v) is 7.51. The molecule has 6 heteroatoms. The first-order chi connectivity index (χ1) is 10.6. The van der Waals surface area contributed by atoms with E-state index in [1.165, 1.54) is 0 Å². The van der Waals surface area contributed by atoms with E-state index in [9.17, 15) is 9.90 Å². The molecule has 1 fully saturated rings. The first kappa shape index (κ1) is 14.7. The quantitative estimate of drug-likeness (QED) is 0.935. The summed E-state index contributed by atoms with van der Waals surface area (Å²) in [5.74, 6) is 0.0549. The largest absolute Gasteiger partial charge is 0.481 e. The zero-order chi connectivity index (χ0) is 15.5. The Kier molecular flexibility index (Phi) is 4.20. The predicted molar refractivity (Wildman–Crippen MR) is 80.1 cm³/mol. The van der Waals surface area contributed by atoms with Gasteiger partial charge in [0.1, 0.15) is 0 Å². The minimum Gasteiger partial charge on any atom is -0.481 e. The highest BCUT2D eigenvalue weighted by Crippen LogP contribution is 2.27. The van der Waals surface area contributed by atoms with Gasteiger partial charge in [-0.05, 0) is 26.3 Å². The van der Waals surface area contributed by atoms with Crippen LogP contribution >= 0.6 is 0 Å². The Morgan fingerprint density at radius 2 is 2.18 bits per heavy atom. The molecule has 1 N–H and O–H groups in total. The van der Waals surface area contributed by atoms with Gasteiger partial charge in [-0.15, -0.1) is 0 Å². The van der Waals surface area contributed by atoms with Crippen molar-refractivity contribution in [2.75, 3.05) is 13.1 Å². The molecule has 2 unspecified atom stereocenters.